The number of aromatic carboxylic acids is 1. The van der Waals surface area contributed by atoms with Gasteiger partial charge in [0.15, 0.2) is 0 Å². The van der Waals surface area contributed by atoms with Crippen LogP contribution in [-0.4, -0.2) is 27.6 Å². The van der Waals surface area contributed by atoms with Crippen LogP contribution in [0.2, 0.25) is 0 Å². The lowest BCUT2D eigenvalue weighted by Gasteiger charge is -2.12. The average Bonchev–Trinajstić information content (AvgIpc) is 3.14. The third-order valence-electron chi connectivity index (χ3n) is 3.58. The molecule has 0 amide bonds. The number of carboxylic acid groups (broad SMARTS) is 1. The van der Waals surface area contributed by atoms with Gasteiger partial charge in [-0.3, -0.25) is 0 Å². The quantitative estimate of drug-likeness (QED) is 0.880. The van der Waals surface area contributed by atoms with Crippen LogP contribution in [0.4, 0.5) is 5.82 Å². The molecule has 5 nitrogen and oxygen atoms in total. The Balaban J connectivity index is 2.01. The van der Waals surface area contributed by atoms with Gasteiger partial charge in [-0.05, 0) is 30.4 Å². The SMILES string of the molecule is CC1(CNc2nc(C(=O)O)nc3ccccc23)CC1. The van der Waals surface area contributed by atoms with Crippen molar-refractivity contribution < 1.29 is 9.90 Å². The maximum atomic E-state index is 11.1. The fourth-order valence-corrected chi connectivity index (χ4v) is 1.99. The van der Waals surface area contributed by atoms with E-state index < -0.39 is 5.97 Å². The molecular weight excluding hydrogens is 242 g/mol. The molecule has 98 valence electrons. The fourth-order valence-electron chi connectivity index (χ4n) is 1.99. The highest BCUT2D eigenvalue weighted by Gasteiger charge is 2.37. The number of fused-ring (bicyclic) bond motifs is 1. The summed E-state index contributed by atoms with van der Waals surface area (Å²) in [5, 5.41) is 13.2. The Morgan fingerprint density at radius 3 is 2.79 bits per heavy atom. The molecular formula is C14H15N3O2. The molecule has 2 N–H and O–H groups in total. The van der Waals surface area contributed by atoms with Crippen LogP contribution in [0.1, 0.15) is 30.4 Å². The summed E-state index contributed by atoms with van der Waals surface area (Å²) in [6, 6.07) is 7.44. The van der Waals surface area contributed by atoms with Crippen molar-refractivity contribution in [3.05, 3.63) is 30.1 Å². The van der Waals surface area contributed by atoms with Crippen molar-refractivity contribution >= 4 is 22.7 Å². The highest BCUT2D eigenvalue weighted by molar-refractivity contribution is 5.93. The molecule has 1 heterocycles. The normalized spacial score (nSPS) is 16.3. The zero-order valence-corrected chi connectivity index (χ0v) is 10.7. The van der Waals surface area contributed by atoms with Crippen molar-refractivity contribution in [2.24, 2.45) is 5.41 Å². The van der Waals surface area contributed by atoms with Crippen molar-refractivity contribution in [2.45, 2.75) is 19.8 Å². The van der Waals surface area contributed by atoms with E-state index in [1.807, 2.05) is 18.2 Å². The summed E-state index contributed by atoms with van der Waals surface area (Å²) in [4.78, 5) is 19.2. The Labute approximate surface area is 110 Å². The van der Waals surface area contributed by atoms with Gasteiger partial charge in [0.25, 0.3) is 0 Å². The van der Waals surface area contributed by atoms with Crippen LogP contribution in [0, 0.1) is 5.41 Å². The first-order valence-electron chi connectivity index (χ1n) is 6.31. The average molecular weight is 257 g/mol. The van der Waals surface area contributed by atoms with Crippen LogP contribution in [0.5, 0.6) is 0 Å². The van der Waals surface area contributed by atoms with Gasteiger partial charge in [-0.15, -0.1) is 0 Å². The van der Waals surface area contributed by atoms with Gasteiger partial charge in [0.1, 0.15) is 5.82 Å². The van der Waals surface area contributed by atoms with Crippen LogP contribution in [-0.2, 0) is 0 Å². The number of nitrogens with one attached hydrogen (secondary N) is 1. The number of hydrogen-bond acceptors (Lipinski definition) is 4. The molecule has 3 rings (SSSR count). The van der Waals surface area contributed by atoms with Crippen molar-refractivity contribution in [3.8, 4) is 0 Å². The first kappa shape index (κ1) is 11.9. The molecule has 0 spiro atoms. The minimum atomic E-state index is -1.11. The van der Waals surface area contributed by atoms with Crippen molar-refractivity contribution in [3.63, 3.8) is 0 Å². The van der Waals surface area contributed by atoms with Crippen LogP contribution < -0.4 is 5.32 Å². The minimum Gasteiger partial charge on any atom is -0.475 e. The van der Waals surface area contributed by atoms with Crippen LogP contribution >= 0.6 is 0 Å². The summed E-state index contributed by atoms with van der Waals surface area (Å²) in [5.74, 6) is -0.662. The number of rotatable bonds is 4. The molecule has 0 saturated heterocycles. The van der Waals surface area contributed by atoms with Gasteiger partial charge in [-0.25, -0.2) is 14.8 Å². The summed E-state index contributed by atoms with van der Waals surface area (Å²) in [6.45, 7) is 3.02. The number of benzene rings is 1. The summed E-state index contributed by atoms with van der Waals surface area (Å²) in [5.41, 5.74) is 0.980. The van der Waals surface area contributed by atoms with E-state index in [-0.39, 0.29) is 5.82 Å². The molecule has 19 heavy (non-hydrogen) atoms. The highest BCUT2D eigenvalue weighted by Crippen LogP contribution is 2.44. The van der Waals surface area contributed by atoms with Gasteiger partial charge in [-0.2, -0.15) is 0 Å². The Bertz CT molecular complexity index is 650. The van der Waals surface area contributed by atoms with Crippen molar-refractivity contribution in [2.75, 3.05) is 11.9 Å². The molecule has 1 saturated carbocycles. The van der Waals surface area contributed by atoms with E-state index in [0.717, 1.165) is 11.9 Å². The Hall–Kier alpha value is -2.17. The maximum absolute atomic E-state index is 11.1. The maximum Gasteiger partial charge on any atom is 0.374 e. The number of carboxylic acids is 1. The number of carbonyl (C=O) groups is 1. The molecule has 2 aromatic rings. The molecule has 1 aliphatic carbocycles. The molecule has 1 aromatic carbocycles. The van der Waals surface area contributed by atoms with E-state index in [2.05, 4.69) is 22.2 Å². The first-order valence-corrected chi connectivity index (χ1v) is 6.31. The zero-order chi connectivity index (χ0) is 13.5. The van der Waals surface area contributed by atoms with Crippen molar-refractivity contribution in [1.82, 2.24) is 9.97 Å². The summed E-state index contributed by atoms with van der Waals surface area (Å²) in [6.07, 6.45) is 2.41. The van der Waals surface area contributed by atoms with E-state index >= 15 is 0 Å². The monoisotopic (exact) mass is 257 g/mol. The lowest BCUT2D eigenvalue weighted by atomic mass is 10.1. The highest BCUT2D eigenvalue weighted by atomic mass is 16.4. The third-order valence-corrected chi connectivity index (χ3v) is 3.58. The number of para-hydroxylation sites is 1. The van der Waals surface area contributed by atoms with E-state index in [1.165, 1.54) is 12.8 Å². The van der Waals surface area contributed by atoms with Crippen LogP contribution in [0.25, 0.3) is 10.9 Å². The molecule has 1 aromatic heterocycles. The third kappa shape index (κ3) is 2.36. The number of hydrogen-bond donors (Lipinski definition) is 2. The molecule has 5 heteroatoms. The predicted octanol–water partition coefficient (Wildman–Crippen LogP) is 2.54. The Morgan fingerprint density at radius 2 is 2.11 bits per heavy atom. The predicted molar refractivity (Wildman–Crippen MR) is 72.3 cm³/mol. The van der Waals surface area contributed by atoms with Gasteiger partial charge in [-0.1, -0.05) is 19.1 Å². The van der Waals surface area contributed by atoms with Gasteiger partial charge in [0.2, 0.25) is 5.82 Å². The lowest BCUT2D eigenvalue weighted by molar-refractivity contribution is 0.0684. The molecule has 0 bridgehead atoms. The van der Waals surface area contributed by atoms with E-state index in [9.17, 15) is 4.79 Å². The molecule has 0 aliphatic heterocycles. The molecule has 0 atom stereocenters. The van der Waals surface area contributed by atoms with Gasteiger partial charge >= 0.3 is 5.97 Å². The second kappa shape index (κ2) is 4.19. The minimum absolute atomic E-state index is 0.165. The van der Waals surface area contributed by atoms with Gasteiger partial charge in [0.05, 0.1) is 5.52 Å². The van der Waals surface area contributed by atoms with E-state index in [0.29, 0.717) is 16.7 Å². The van der Waals surface area contributed by atoms with E-state index in [1.54, 1.807) is 6.07 Å². The summed E-state index contributed by atoms with van der Waals surface area (Å²) < 4.78 is 0. The molecule has 1 fully saturated rings. The second-order valence-electron chi connectivity index (χ2n) is 5.38. The number of anilines is 1. The topological polar surface area (TPSA) is 75.1 Å². The van der Waals surface area contributed by atoms with Gasteiger partial charge in [0, 0.05) is 11.9 Å². The number of nitrogens with zero attached hydrogens (tertiary/aromatic N) is 2. The Kier molecular flexibility index (Phi) is 2.62. The fraction of sp³-hybridized carbons (Fsp3) is 0.357. The first-order chi connectivity index (χ1) is 9.07. The van der Waals surface area contributed by atoms with E-state index in [4.69, 9.17) is 5.11 Å². The van der Waals surface area contributed by atoms with Gasteiger partial charge < -0.3 is 10.4 Å². The Morgan fingerprint density at radius 1 is 1.37 bits per heavy atom. The summed E-state index contributed by atoms with van der Waals surface area (Å²) in [7, 11) is 0. The van der Waals surface area contributed by atoms with Crippen LogP contribution in [0.3, 0.4) is 0 Å². The molecule has 0 radical (unpaired) electrons. The molecule has 0 unspecified atom stereocenters. The standard InChI is InChI=1S/C14H15N3O2/c1-14(6-7-14)8-15-11-9-4-2-3-5-10(9)16-12(17-11)13(18)19/h2-5H,6-8H2,1H3,(H,18,19)(H,15,16,17). The second-order valence-corrected chi connectivity index (χ2v) is 5.38. The van der Waals surface area contributed by atoms with Crippen LogP contribution in [0.15, 0.2) is 24.3 Å². The zero-order valence-electron chi connectivity index (χ0n) is 10.7. The summed E-state index contributed by atoms with van der Waals surface area (Å²) >= 11 is 0. The number of aromatic nitrogens is 2. The molecule has 1 aliphatic rings. The largest absolute Gasteiger partial charge is 0.475 e. The van der Waals surface area contributed by atoms with Crippen molar-refractivity contribution in [1.29, 1.82) is 0 Å². The smallest absolute Gasteiger partial charge is 0.374 e. The lowest BCUT2D eigenvalue weighted by Crippen LogP contribution is -2.15.